The molecule has 9 aromatic rings. The van der Waals surface area contributed by atoms with E-state index < -0.39 is 0 Å². The molecule has 0 aliphatic rings. The van der Waals surface area contributed by atoms with Gasteiger partial charge in [-0.25, -0.2) is 0 Å². The number of aromatic nitrogens is 3. The maximum Gasteiger partial charge on any atom is 0.0491 e. The minimum absolute atomic E-state index is 1.06. The van der Waals surface area contributed by atoms with Crippen LogP contribution in [0.1, 0.15) is 313 Å². The van der Waals surface area contributed by atoms with E-state index in [1.165, 1.54) is 357 Å². The molecule has 0 unspecified atom stereocenters. The van der Waals surface area contributed by atoms with E-state index in [9.17, 15) is 0 Å². The maximum atomic E-state index is 2.64. The summed E-state index contributed by atoms with van der Waals surface area (Å²) in [4.78, 5) is 0. The van der Waals surface area contributed by atoms with Crippen LogP contribution in [0.5, 0.6) is 0 Å². The Hall–Kier alpha value is -5.80. The molecular formula is C88H123N3. The number of hydrogen-bond donors (Lipinski definition) is 0. The summed E-state index contributed by atoms with van der Waals surface area (Å²) < 4.78 is 7.84. The van der Waals surface area contributed by atoms with Gasteiger partial charge in [0.15, 0.2) is 0 Å². The summed E-state index contributed by atoms with van der Waals surface area (Å²) in [6, 6.07) is 47.0. The van der Waals surface area contributed by atoms with Crippen LogP contribution in [0.25, 0.3) is 89.7 Å². The monoisotopic (exact) mass is 1220 g/mol. The molecule has 0 fully saturated rings. The summed E-state index contributed by atoms with van der Waals surface area (Å²) in [6.07, 6.45) is 67.8. The maximum absolute atomic E-state index is 2.64. The first-order valence-corrected chi connectivity index (χ1v) is 38.6. The van der Waals surface area contributed by atoms with Crippen LogP contribution in [0.3, 0.4) is 0 Å². The van der Waals surface area contributed by atoms with Gasteiger partial charge in [-0.2, -0.15) is 0 Å². The van der Waals surface area contributed by atoms with E-state index in [-0.39, 0.29) is 0 Å². The fourth-order valence-electron chi connectivity index (χ4n) is 15.2. The highest BCUT2D eigenvalue weighted by molar-refractivity contribution is 6.11. The number of unbranched alkanes of at least 4 members (excludes halogenated alkanes) is 39. The zero-order valence-electron chi connectivity index (χ0n) is 58.0. The Bertz CT molecular complexity index is 3330. The Morgan fingerprint density at radius 3 is 0.615 bits per heavy atom. The Balaban J connectivity index is 0.844. The largest absolute Gasteiger partial charge is 0.340 e. The van der Waals surface area contributed by atoms with Crippen LogP contribution >= 0.6 is 0 Å². The average Bonchev–Trinajstić information content (AvgIpc) is 1.66. The number of fused-ring (bicyclic) bond motifs is 9. The lowest BCUT2D eigenvalue weighted by Gasteiger charge is -2.08. The molecule has 9 rings (SSSR count). The molecule has 0 amide bonds. The number of para-hydroxylation sites is 2. The molecule has 0 bridgehead atoms. The lowest BCUT2D eigenvalue weighted by molar-refractivity contribution is 0.528. The van der Waals surface area contributed by atoms with E-state index >= 15 is 0 Å². The van der Waals surface area contributed by atoms with Crippen molar-refractivity contribution in [1.29, 1.82) is 0 Å². The van der Waals surface area contributed by atoms with Gasteiger partial charge in [0, 0.05) is 85.1 Å². The van der Waals surface area contributed by atoms with Crippen molar-refractivity contribution >= 4 is 89.7 Å². The van der Waals surface area contributed by atoms with Gasteiger partial charge in [0.25, 0.3) is 0 Å². The fourth-order valence-corrected chi connectivity index (χ4v) is 15.2. The van der Waals surface area contributed by atoms with Crippen molar-refractivity contribution in [2.45, 2.75) is 310 Å². The quantitative estimate of drug-likeness (QED) is 0.0267. The van der Waals surface area contributed by atoms with Gasteiger partial charge in [0.1, 0.15) is 0 Å². The fraction of sp³-hybridized carbons (Fsp3) is 0.545. The van der Waals surface area contributed by atoms with Gasteiger partial charge in [-0.3, -0.25) is 0 Å². The normalized spacial score (nSPS) is 12.3. The van der Waals surface area contributed by atoms with Crippen molar-refractivity contribution < 1.29 is 0 Å². The summed E-state index contributed by atoms with van der Waals surface area (Å²) in [5, 5.41) is 8.19. The molecule has 0 saturated carbocycles. The molecule has 3 nitrogen and oxygen atoms in total. The van der Waals surface area contributed by atoms with Gasteiger partial charge in [-0.05, 0) is 102 Å². The number of benzene rings is 6. The Morgan fingerprint density at radius 2 is 0.385 bits per heavy atom. The van der Waals surface area contributed by atoms with Gasteiger partial charge in [0.2, 0.25) is 0 Å². The molecule has 3 heteroatoms. The van der Waals surface area contributed by atoms with Crippen LogP contribution in [0, 0.1) is 0 Å². The molecule has 3 aromatic heterocycles. The second-order valence-electron chi connectivity index (χ2n) is 28.1. The predicted octanol–water partition coefficient (Wildman–Crippen LogP) is 28.8. The first-order valence-electron chi connectivity index (χ1n) is 38.6. The van der Waals surface area contributed by atoms with Crippen LogP contribution in [0.15, 0.2) is 121 Å². The summed E-state index contributed by atoms with van der Waals surface area (Å²) in [7, 11) is 0. The SMILES string of the molecule is CCCCCCCCCCCCCCCCn1c2ccccc2c2cc(/C=C/c3ccc4c(c3)c3cc(/C=C/c5ccc6c(c5)c5ccccc5n6CCCCCCCCCCCCCCCC)ccc3n4CCCCCCCCCCCCCCCC)ccc21. The van der Waals surface area contributed by atoms with Crippen LogP contribution in [-0.2, 0) is 19.6 Å². The first-order chi connectivity index (χ1) is 45.1. The molecule has 0 spiro atoms. The van der Waals surface area contributed by atoms with Crippen molar-refractivity contribution in [3.05, 3.63) is 144 Å². The molecule has 490 valence electrons. The van der Waals surface area contributed by atoms with Gasteiger partial charge < -0.3 is 13.7 Å². The molecule has 91 heavy (non-hydrogen) atoms. The van der Waals surface area contributed by atoms with Crippen LogP contribution < -0.4 is 0 Å². The highest BCUT2D eigenvalue weighted by Crippen LogP contribution is 2.36. The second kappa shape index (κ2) is 40.3. The number of aryl methyl sites for hydroxylation is 3. The van der Waals surface area contributed by atoms with Crippen molar-refractivity contribution in [1.82, 2.24) is 13.7 Å². The number of rotatable bonds is 49. The van der Waals surface area contributed by atoms with E-state index in [0.717, 1.165) is 19.6 Å². The van der Waals surface area contributed by atoms with Crippen molar-refractivity contribution in [2.75, 3.05) is 0 Å². The lowest BCUT2D eigenvalue weighted by Crippen LogP contribution is -1.98. The third-order valence-corrected chi connectivity index (χ3v) is 20.6. The predicted molar refractivity (Wildman–Crippen MR) is 407 cm³/mol. The Labute approximate surface area is 553 Å². The lowest BCUT2D eigenvalue weighted by atomic mass is 10.0. The Kier molecular flexibility index (Phi) is 30.8. The van der Waals surface area contributed by atoms with E-state index in [1.807, 2.05) is 0 Å². The van der Waals surface area contributed by atoms with Gasteiger partial charge in [-0.15, -0.1) is 0 Å². The summed E-state index contributed by atoms with van der Waals surface area (Å²) in [6.45, 7) is 10.2. The van der Waals surface area contributed by atoms with Crippen molar-refractivity contribution in [2.24, 2.45) is 0 Å². The number of hydrogen-bond acceptors (Lipinski definition) is 0. The molecule has 0 N–H and O–H groups in total. The second-order valence-corrected chi connectivity index (χ2v) is 28.1. The molecule has 0 radical (unpaired) electrons. The smallest absolute Gasteiger partial charge is 0.0491 e. The van der Waals surface area contributed by atoms with Gasteiger partial charge >= 0.3 is 0 Å². The van der Waals surface area contributed by atoms with Gasteiger partial charge in [-0.1, -0.05) is 356 Å². The summed E-state index contributed by atoms with van der Waals surface area (Å²) in [5.74, 6) is 0. The summed E-state index contributed by atoms with van der Waals surface area (Å²) >= 11 is 0. The Morgan fingerprint density at radius 1 is 0.198 bits per heavy atom. The molecular weight excluding hydrogens is 1100 g/mol. The molecule has 0 atom stereocenters. The molecule has 0 aliphatic heterocycles. The molecule has 6 aromatic carbocycles. The van der Waals surface area contributed by atoms with E-state index in [2.05, 4.69) is 180 Å². The van der Waals surface area contributed by atoms with Gasteiger partial charge in [0.05, 0.1) is 0 Å². The minimum atomic E-state index is 1.06. The topological polar surface area (TPSA) is 14.8 Å². The molecule has 3 heterocycles. The number of nitrogens with zero attached hydrogens (tertiary/aromatic N) is 3. The average molecular weight is 1220 g/mol. The van der Waals surface area contributed by atoms with E-state index in [0.29, 0.717) is 0 Å². The van der Waals surface area contributed by atoms with E-state index in [4.69, 9.17) is 0 Å². The molecule has 0 aliphatic carbocycles. The highest BCUT2D eigenvalue weighted by atomic mass is 15.0. The van der Waals surface area contributed by atoms with Crippen LogP contribution in [-0.4, -0.2) is 13.7 Å². The minimum Gasteiger partial charge on any atom is -0.340 e. The third-order valence-electron chi connectivity index (χ3n) is 20.6. The zero-order valence-corrected chi connectivity index (χ0v) is 58.0. The zero-order chi connectivity index (χ0) is 62.8. The molecule has 0 saturated heterocycles. The van der Waals surface area contributed by atoms with Crippen molar-refractivity contribution in [3.8, 4) is 0 Å². The van der Waals surface area contributed by atoms with Crippen LogP contribution in [0.4, 0.5) is 0 Å². The van der Waals surface area contributed by atoms with Crippen LogP contribution in [0.2, 0.25) is 0 Å². The van der Waals surface area contributed by atoms with E-state index in [1.54, 1.807) is 0 Å². The first kappa shape index (κ1) is 69.5. The third kappa shape index (κ3) is 21.6. The standard InChI is InChI=1S/C88H123N3/c1-4-7-10-13-16-19-22-25-28-31-34-37-40-47-66-89-83-52-45-43-50-77(83)79-69-73(58-62-85(79)89)54-56-75-60-64-87-81(71-75)82-72-76(61-65-88(82)91(87)68-49-42-39-36-33-30-27-24-21-18-15-12-9-6-3)57-55-74-59-63-86-80(70-74)78-51-44-46-53-84(78)90(86)67-48-41-38-35-32-29-26-23-20-17-14-11-8-5-2/h43-46,50-65,69-72H,4-42,47-49,66-68H2,1-3H3/b56-54+,57-55+. The highest BCUT2D eigenvalue weighted by Gasteiger charge is 2.15. The van der Waals surface area contributed by atoms with Crippen molar-refractivity contribution in [3.63, 3.8) is 0 Å². The summed E-state index contributed by atoms with van der Waals surface area (Å²) in [5.41, 5.74) is 13.2.